The minimum absolute atomic E-state index is 0.479. The Hall–Kier alpha value is -0.910. The lowest BCUT2D eigenvalue weighted by molar-refractivity contribution is -0.176. The van der Waals surface area contributed by atoms with E-state index in [1.807, 2.05) is 6.92 Å². The van der Waals surface area contributed by atoms with Crippen LogP contribution in [0.15, 0.2) is 12.7 Å². The number of nitrogens with two attached hydrogens (primary N) is 1. The van der Waals surface area contributed by atoms with E-state index in [0.717, 1.165) is 18.9 Å². The van der Waals surface area contributed by atoms with Crippen LogP contribution in [-0.4, -0.2) is 38.6 Å². The van der Waals surface area contributed by atoms with E-state index in [1.165, 1.54) is 0 Å². The van der Waals surface area contributed by atoms with Gasteiger partial charge in [0.25, 0.3) is 0 Å². The molecule has 0 saturated carbocycles. The summed E-state index contributed by atoms with van der Waals surface area (Å²) in [6.07, 6.45) is 2.78. The number of esters is 1. The van der Waals surface area contributed by atoms with E-state index in [-0.39, 0.29) is 0 Å². The van der Waals surface area contributed by atoms with Gasteiger partial charge in [0.1, 0.15) is 0 Å². The van der Waals surface area contributed by atoms with Gasteiger partial charge in [0.15, 0.2) is 0 Å². The van der Waals surface area contributed by atoms with Crippen LogP contribution in [0.25, 0.3) is 0 Å². The van der Waals surface area contributed by atoms with E-state index in [1.54, 1.807) is 0 Å². The molecule has 0 aliphatic heterocycles. The topological polar surface area (TPSA) is 70.8 Å². The van der Waals surface area contributed by atoms with E-state index in [9.17, 15) is 4.79 Å². The Morgan fingerprint density at radius 3 is 2.76 bits per heavy atom. The molecule has 0 saturated heterocycles. The maximum atomic E-state index is 11.0. The largest absolute Gasteiger partial charge is 0.433 e. The molecule has 0 aromatic rings. The van der Waals surface area contributed by atoms with Crippen LogP contribution in [0, 0.1) is 0 Å². The van der Waals surface area contributed by atoms with Crippen molar-refractivity contribution in [2.45, 2.75) is 32.5 Å². The summed E-state index contributed by atoms with van der Waals surface area (Å²) in [5, 5.41) is 0. The third-order valence-corrected chi connectivity index (χ3v) is 1.91. The van der Waals surface area contributed by atoms with Crippen LogP contribution < -0.4 is 5.73 Å². The highest BCUT2D eigenvalue weighted by molar-refractivity contribution is 5.81. The van der Waals surface area contributed by atoms with Crippen LogP contribution in [0.3, 0.4) is 0 Å². The molecular formula is C12H23NO4. The molecule has 0 heterocycles. The van der Waals surface area contributed by atoms with Crippen molar-refractivity contribution >= 4 is 5.97 Å². The van der Waals surface area contributed by atoms with Gasteiger partial charge >= 0.3 is 5.97 Å². The first-order valence-corrected chi connectivity index (χ1v) is 5.97. The molecule has 0 aromatic carbocycles. The van der Waals surface area contributed by atoms with Crippen molar-refractivity contribution in [1.29, 1.82) is 0 Å². The molecular weight excluding hydrogens is 222 g/mol. The van der Waals surface area contributed by atoms with Crippen LogP contribution in [-0.2, 0) is 19.0 Å². The van der Waals surface area contributed by atoms with Crippen molar-refractivity contribution in [3.05, 3.63) is 12.7 Å². The fourth-order valence-corrected chi connectivity index (χ4v) is 1.07. The van der Waals surface area contributed by atoms with Crippen molar-refractivity contribution in [1.82, 2.24) is 0 Å². The van der Waals surface area contributed by atoms with Crippen LogP contribution in [0.4, 0.5) is 0 Å². The SMILES string of the molecule is C=CC(=O)OC(CCOCCCN)OCCC. The first kappa shape index (κ1) is 16.1. The fourth-order valence-electron chi connectivity index (χ4n) is 1.07. The van der Waals surface area contributed by atoms with E-state index in [4.69, 9.17) is 19.9 Å². The van der Waals surface area contributed by atoms with Crippen molar-refractivity contribution in [3.8, 4) is 0 Å². The van der Waals surface area contributed by atoms with E-state index < -0.39 is 12.3 Å². The molecule has 2 N–H and O–H groups in total. The van der Waals surface area contributed by atoms with Crippen molar-refractivity contribution in [2.75, 3.05) is 26.4 Å². The van der Waals surface area contributed by atoms with Gasteiger partial charge in [-0.15, -0.1) is 0 Å². The number of hydrogen-bond acceptors (Lipinski definition) is 5. The summed E-state index contributed by atoms with van der Waals surface area (Å²) in [5.74, 6) is -0.479. The van der Waals surface area contributed by atoms with Gasteiger partial charge in [-0.05, 0) is 19.4 Å². The van der Waals surface area contributed by atoms with Crippen LogP contribution in [0.2, 0.25) is 0 Å². The van der Waals surface area contributed by atoms with Gasteiger partial charge in [-0.3, -0.25) is 0 Å². The zero-order chi connectivity index (χ0) is 12.9. The normalized spacial score (nSPS) is 12.1. The second-order valence-corrected chi connectivity index (χ2v) is 3.48. The summed E-state index contributed by atoms with van der Waals surface area (Å²) >= 11 is 0. The number of hydrogen-bond donors (Lipinski definition) is 1. The zero-order valence-electron chi connectivity index (χ0n) is 10.5. The molecule has 0 bridgehead atoms. The fraction of sp³-hybridized carbons (Fsp3) is 0.750. The molecule has 1 atom stereocenters. The lowest BCUT2D eigenvalue weighted by Crippen LogP contribution is -2.23. The summed E-state index contributed by atoms with van der Waals surface area (Å²) in [5.41, 5.74) is 5.34. The molecule has 1 unspecified atom stereocenters. The monoisotopic (exact) mass is 245 g/mol. The molecule has 0 spiro atoms. The summed E-state index contributed by atoms with van der Waals surface area (Å²) < 4.78 is 15.7. The maximum absolute atomic E-state index is 11.0. The minimum Gasteiger partial charge on any atom is -0.433 e. The van der Waals surface area contributed by atoms with Gasteiger partial charge in [0.05, 0.1) is 13.2 Å². The lowest BCUT2D eigenvalue weighted by Gasteiger charge is -2.17. The predicted molar refractivity (Wildman–Crippen MR) is 65.4 cm³/mol. The molecule has 0 aliphatic carbocycles. The van der Waals surface area contributed by atoms with E-state index in [0.29, 0.717) is 32.8 Å². The first-order chi connectivity index (χ1) is 8.24. The third-order valence-electron chi connectivity index (χ3n) is 1.91. The second-order valence-electron chi connectivity index (χ2n) is 3.48. The molecule has 17 heavy (non-hydrogen) atoms. The standard InChI is InChI=1S/C12H23NO4/c1-3-8-16-12(17-11(14)4-2)6-10-15-9-5-7-13/h4,12H,2-3,5-10,13H2,1H3. The molecule has 0 amide bonds. The number of rotatable bonds is 11. The van der Waals surface area contributed by atoms with Crippen molar-refractivity contribution in [3.63, 3.8) is 0 Å². The van der Waals surface area contributed by atoms with Gasteiger partial charge in [-0.1, -0.05) is 13.5 Å². The summed E-state index contributed by atoms with van der Waals surface area (Å²) in [7, 11) is 0. The Morgan fingerprint density at radius 2 is 2.18 bits per heavy atom. The van der Waals surface area contributed by atoms with Gasteiger partial charge in [-0.2, -0.15) is 0 Å². The highest BCUT2D eigenvalue weighted by Crippen LogP contribution is 2.03. The van der Waals surface area contributed by atoms with Crippen LogP contribution in [0.1, 0.15) is 26.2 Å². The summed E-state index contributed by atoms with van der Waals surface area (Å²) in [6, 6.07) is 0. The number of ether oxygens (including phenoxy) is 3. The Balaban J connectivity index is 3.76. The average Bonchev–Trinajstić information content (AvgIpc) is 2.35. The molecule has 0 fully saturated rings. The molecule has 0 aliphatic rings. The second kappa shape index (κ2) is 11.6. The molecule has 100 valence electrons. The Labute approximate surface area is 103 Å². The van der Waals surface area contributed by atoms with Crippen molar-refractivity contribution < 1.29 is 19.0 Å². The van der Waals surface area contributed by atoms with Crippen LogP contribution in [0.5, 0.6) is 0 Å². The zero-order valence-corrected chi connectivity index (χ0v) is 10.5. The van der Waals surface area contributed by atoms with Crippen LogP contribution >= 0.6 is 0 Å². The predicted octanol–water partition coefficient (Wildman–Crippen LogP) is 1.22. The average molecular weight is 245 g/mol. The highest BCUT2D eigenvalue weighted by Gasteiger charge is 2.12. The molecule has 0 aromatic heterocycles. The molecule has 5 nitrogen and oxygen atoms in total. The van der Waals surface area contributed by atoms with E-state index in [2.05, 4.69) is 6.58 Å². The summed E-state index contributed by atoms with van der Waals surface area (Å²) in [4.78, 5) is 11.0. The Bertz CT molecular complexity index is 209. The van der Waals surface area contributed by atoms with Gasteiger partial charge in [-0.25, -0.2) is 4.79 Å². The maximum Gasteiger partial charge on any atom is 0.332 e. The van der Waals surface area contributed by atoms with E-state index >= 15 is 0 Å². The number of carbonyl (C=O) groups is 1. The molecule has 0 rings (SSSR count). The molecule has 0 radical (unpaired) electrons. The Morgan fingerprint density at radius 1 is 1.41 bits per heavy atom. The third kappa shape index (κ3) is 9.99. The van der Waals surface area contributed by atoms with Gasteiger partial charge < -0.3 is 19.9 Å². The highest BCUT2D eigenvalue weighted by atomic mass is 16.7. The minimum atomic E-state index is -0.557. The smallest absolute Gasteiger partial charge is 0.332 e. The lowest BCUT2D eigenvalue weighted by atomic mass is 10.4. The van der Waals surface area contributed by atoms with Gasteiger partial charge in [0.2, 0.25) is 6.29 Å². The quantitative estimate of drug-likeness (QED) is 0.256. The van der Waals surface area contributed by atoms with Crippen molar-refractivity contribution in [2.24, 2.45) is 5.73 Å². The molecule has 5 heteroatoms. The number of carbonyl (C=O) groups excluding carboxylic acids is 1. The van der Waals surface area contributed by atoms with Gasteiger partial charge in [0, 0.05) is 19.1 Å². The summed E-state index contributed by atoms with van der Waals surface area (Å²) in [6.45, 7) is 7.60. The Kier molecular flexibility index (Phi) is 11.0. The first-order valence-electron chi connectivity index (χ1n) is 5.97.